The lowest BCUT2D eigenvalue weighted by Crippen LogP contribution is -2.43. The van der Waals surface area contributed by atoms with Crippen molar-refractivity contribution in [1.82, 2.24) is 9.88 Å². The van der Waals surface area contributed by atoms with Crippen molar-refractivity contribution in [1.29, 1.82) is 0 Å². The van der Waals surface area contributed by atoms with Crippen LogP contribution in [0.25, 0.3) is 0 Å². The molecule has 1 aliphatic rings. The molecule has 19 heavy (non-hydrogen) atoms. The lowest BCUT2D eigenvalue weighted by molar-refractivity contribution is -0.141. The molecular formula is C14H20N2O2S. The van der Waals surface area contributed by atoms with Gasteiger partial charge in [-0.25, -0.2) is 0 Å². The minimum Gasteiger partial charge on any atom is -0.469 e. The average Bonchev–Trinajstić information content (AvgIpc) is 2.43. The summed E-state index contributed by atoms with van der Waals surface area (Å²) in [6, 6.07) is 4.41. The number of hydrogen-bond donors (Lipinski definition) is 0. The molecule has 0 aliphatic carbocycles. The van der Waals surface area contributed by atoms with Crippen molar-refractivity contribution in [2.24, 2.45) is 0 Å². The van der Waals surface area contributed by atoms with Crippen LogP contribution in [-0.2, 0) is 16.1 Å². The van der Waals surface area contributed by atoms with Gasteiger partial charge in [0, 0.05) is 42.5 Å². The molecular weight excluding hydrogens is 260 g/mol. The van der Waals surface area contributed by atoms with Gasteiger partial charge in [-0.3, -0.25) is 14.7 Å². The van der Waals surface area contributed by atoms with Crippen LogP contribution < -0.4 is 0 Å². The Balaban J connectivity index is 1.99. The van der Waals surface area contributed by atoms with Crippen LogP contribution in [0.3, 0.4) is 0 Å². The Hall–Kier alpha value is -1.07. The van der Waals surface area contributed by atoms with Gasteiger partial charge in [-0.1, -0.05) is 6.07 Å². The smallest absolute Gasteiger partial charge is 0.307 e. The number of aromatic nitrogens is 1. The van der Waals surface area contributed by atoms with Crippen LogP contribution in [0.15, 0.2) is 18.3 Å². The lowest BCUT2D eigenvalue weighted by atomic mass is 10.1. The molecule has 1 aromatic rings. The summed E-state index contributed by atoms with van der Waals surface area (Å²) in [7, 11) is 1.45. The van der Waals surface area contributed by atoms with E-state index in [4.69, 9.17) is 4.74 Å². The van der Waals surface area contributed by atoms with Crippen LogP contribution in [0, 0.1) is 6.92 Å². The van der Waals surface area contributed by atoms with Crippen LogP contribution in [0.4, 0.5) is 0 Å². The minimum atomic E-state index is -0.125. The Labute approximate surface area is 118 Å². The van der Waals surface area contributed by atoms with Crippen LogP contribution in [0.1, 0.15) is 17.7 Å². The highest BCUT2D eigenvalue weighted by Crippen LogP contribution is 2.21. The molecule has 5 heteroatoms. The van der Waals surface area contributed by atoms with Crippen molar-refractivity contribution in [3.8, 4) is 0 Å². The summed E-state index contributed by atoms with van der Waals surface area (Å²) in [5.41, 5.74) is 2.23. The van der Waals surface area contributed by atoms with Gasteiger partial charge in [-0.05, 0) is 18.6 Å². The molecule has 0 spiro atoms. The Morgan fingerprint density at radius 1 is 1.58 bits per heavy atom. The maximum Gasteiger partial charge on any atom is 0.307 e. The summed E-state index contributed by atoms with van der Waals surface area (Å²) in [6.45, 7) is 3.86. The van der Waals surface area contributed by atoms with Crippen LogP contribution in [0.2, 0.25) is 0 Å². The number of thioether (sulfide) groups is 1. The quantitative estimate of drug-likeness (QED) is 0.788. The topological polar surface area (TPSA) is 42.4 Å². The van der Waals surface area contributed by atoms with E-state index in [-0.39, 0.29) is 12.0 Å². The molecule has 1 atom stereocenters. The molecule has 4 nitrogen and oxygen atoms in total. The van der Waals surface area contributed by atoms with E-state index < -0.39 is 0 Å². The zero-order valence-electron chi connectivity index (χ0n) is 11.5. The maximum absolute atomic E-state index is 11.5. The van der Waals surface area contributed by atoms with E-state index in [0.717, 1.165) is 30.3 Å². The zero-order chi connectivity index (χ0) is 13.7. The first kappa shape index (κ1) is 14.3. The molecule has 1 fully saturated rings. The third-order valence-corrected chi connectivity index (χ3v) is 4.43. The van der Waals surface area contributed by atoms with E-state index in [1.165, 1.54) is 12.7 Å². The van der Waals surface area contributed by atoms with Gasteiger partial charge >= 0.3 is 5.97 Å². The molecule has 2 heterocycles. The van der Waals surface area contributed by atoms with E-state index in [2.05, 4.69) is 16.0 Å². The van der Waals surface area contributed by atoms with Crippen molar-refractivity contribution in [3.05, 3.63) is 29.6 Å². The number of nitrogens with zero attached hydrogens (tertiary/aromatic N) is 2. The second-order valence-corrected chi connectivity index (χ2v) is 5.94. The van der Waals surface area contributed by atoms with E-state index >= 15 is 0 Å². The van der Waals surface area contributed by atoms with E-state index in [9.17, 15) is 4.79 Å². The third kappa shape index (κ3) is 4.21. The Kier molecular flexibility index (Phi) is 5.22. The number of methoxy groups -OCH3 is 1. The highest BCUT2D eigenvalue weighted by atomic mass is 32.2. The van der Waals surface area contributed by atoms with Gasteiger partial charge in [0.25, 0.3) is 0 Å². The summed E-state index contributed by atoms with van der Waals surface area (Å²) < 4.78 is 4.78. The van der Waals surface area contributed by atoms with Gasteiger partial charge in [-0.15, -0.1) is 0 Å². The number of esters is 1. The molecule has 2 rings (SSSR count). The molecule has 0 aromatic carbocycles. The number of aryl methyl sites for hydroxylation is 1. The van der Waals surface area contributed by atoms with Crippen LogP contribution >= 0.6 is 11.8 Å². The number of pyridine rings is 1. The van der Waals surface area contributed by atoms with Crippen LogP contribution in [0.5, 0.6) is 0 Å². The molecule has 1 saturated heterocycles. The highest BCUT2D eigenvalue weighted by molar-refractivity contribution is 7.99. The van der Waals surface area contributed by atoms with Crippen molar-refractivity contribution in [2.45, 2.75) is 25.9 Å². The first-order chi connectivity index (χ1) is 9.19. The number of ether oxygens (including phenoxy) is 1. The van der Waals surface area contributed by atoms with E-state index in [1.54, 1.807) is 0 Å². The van der Waals surface area contributed by atoms with Crippen molar-refractivity contribution in [3.63, 3.8) is 0 Å². The Morgan fingerprint density at radius 3 is 3.11 bits per heavy atom. The second-order valence-electron chi connectivity index (χ2n) is 4.79. The van der Waals surface area contributed by atoms with Crippen molar-refractivity contribution in [2.75, 3.05) is 25.2 Å². The van der Waals surface area contributed by atoms with Gasteiger partial charge in [0.1, 0.15) is 0 Å². The molecule has 1 aliphatic heterocycles. The van der Waals surface area contributed by atoms with Gasteiger partial charge < -0.3 is 4.74 Å². The predicted octanol–water partition coefficient (Wildman–Crippen LogP) is 1.87. The first-order valence-corrected chi connectivity index (χ1v) is 7.64. The molecule has 1 aromatic heterocycles. The summed E-state index contributed by atoms with van der Waals surface area (Å²) in [6.07, 6.45) is 2.40. The fourth-order valence-electron chi connectivity index (χ4n) is 2.19. The predicted molar refractivity (Wildman–Crippen MR) is 77.1 cm³/mol. The molecule has 0 amide bonds. The third-order valence-electron chi connectivity index (χ3n) is 3.34. The number of carbonyl (C=O) groups excluding carboxylic acids is 1. The molecule has 0 N–H and O–H groups in total. The first-order valence-electron chi connectivity index (χ1n) is 6.49. The molecule has 104 valence electrons. The van der Waals surface area contributed by atoms with Gasteiger partial charge in [0.2, 0.25) is 0 Å². The fraction of sp³-hybridized carbons (Fsp3) is 0.571. The fourth-order valence-corrected chi connectivity index (χ4v) is 3.32. The highest BCUT2D eigenvalue weighted by Gasteiger charge is 2.25. The largest absolute Gasteiger partial charge is 0.469 e. The monoisotopic (exact) mass is 280 g/mol. The summed E-state index contributed by atoms with van der Waals surface area (Å²) in [5.74, 6) is 1.99. The van der Waals surface area contributed by atoms with E-state index in [0.29, 0.717) is 6.42 Å². The molecule has 0 radical (unpaired) electrons. The Bertz CT molecular complexity index is 422. The molecule has 1 unspecified atom stereocenters. The number of hydrogen-bond acceptors (Lipinski definition) is 5. The zero-order valence-corrected chi connectivity index (χ0v) is 12.3. The Morgan fingerprint density at radius 2 is 2.42 bits per heavy atom. The standard InChI is InChI=1S/C14H20N2O2S/c1-11-3-4-12(8-15-11)9-16-5-6-19-10-13(16)7-14(17)18-2/h3-4,8,13H,5-7,9-10H2,1-2H3. The SMILES string of the molecule is COC(=O)CC1CSCCN1Cc1ccc(C)nc1. The van der Waals surface area contributed by atoms with Crippen LogP contribution in [-0.4, -0.2) is 47.1 Å². The lowest BCUT2D eigenvalue weighted by Gasteiger charge is -2.34. The molecule has 0 bridgehead atoms. The summed E-state index contributed by atoms with van der Waals surface area (Å²) >= 11 is 1.91. The van der Waals surface area contributed by atoms with Gasteiger partial charge in [0.15, 0.2) is 0 Å². The van der Waals surface area contributed by atoms with Crippen molar-refractivity contribution < 1.29 is 9.53 Å². The summed E-state index contributed by atoms with van der Waals surface area (Å²) in [5, 5.41) is 0. The average molecular weight is 280 g/mol. The van der Waals surface area contributed by atoms with Gasteiger partial charge in [-0.2, -0.15) is 11.8 Å². The second kappa shape index (κ2) is 6.91. The molecule has 0 saturated carbocycles. The summed E-state index contributed by atoms with van der Waals surface area (Å²) in [4.78, 5) is 18.1. The van der Waals surface area contributed by atoms with Gasteiger partial charge in [0.05, 0.1) is 13.5 Å². The maximum atomic E-state index is 11.5. The number of carbonyl (C=O) groups is 1. The minimum absolute atomic E-state index is 0.125. The van der Waals surface area contributed by atoms with E-state index in [1.807, 2.05) is 30.9 Å². The number of rotatable bonds is 4. The normalized spacial score (nSPS) is 20.2. The van der Waals surface area contributed by atoms with Crippen molar-refractivity contribution >= 4 is 17.7 Å².